The first-order valence-corrected chi connectivity index (χ1v) is 6.48. The van der Waals surface area contributed by atoms with Gasteiger partial charge in [0.1, 0.15) is 0 Å². The Kier molecular flexibility index (Phi) is 4.25. The standard InChI is InChI=1S/C13H14BrN3O/c1-9-4-3-5-10(7-6-9)16-13-15-8-11(14)12(17-13)18-2/h3,5-9H,4H2,1-2H3. The Bertz CT molecular complexity index is 523. The Hall–Kier alpha value is -1.49. The third kappa shape index (κ3) is 3.26. The average Bonchev–Trinajstić information content (AvgIpc) is 2.57. The van der Waals surface area contributed by atoms with Gasteiger partial charge in [0.05, 0.1) is 23.5 Å². The van der Waals surface area contributed by atoms with Crippen molar-refractivity contribution in [1.82, 2.24) is 9.97 Å². The largest absolute Gasteiger partial charge is 0.480 e. The first-order chi connectivity index (χ1) is 8.69. The molecule has 1 atom stereocenters. The molecule has 5 heteroatoms. The monoisotopic (exact) mass is 307 g/mol. The van der Waals surface area contributed by atoms with Crippen molar-refractivity contribution in [3.8, 4) is 5.88 Å². The maximum absolute atomic E-state index is 5.11. The lowest BCUT2D eigenvalue weighted by atomic mass is 10.1. The van der Waals surface area contributed by atoms with Gasteiger partial charge in [-0.05, 0) is 40.4 Å². The fourth-order valence-electron chi connectivity index (χ4n) is 1.53. The molecule has 0 N–H and O–H groups in total. The molecule has 0 spiro atoms. The van der Waals surface area contributed by atoms with Gasteiger partial charge in [0.25, 0.3) is 5.95 Å². The van der Waals surface area contributed by atoms with Gasteiger partial charge in [0.2, 0.25) is 5.88 Å². The number of allylic oxidation sites excluding steroid dienone is 4. The van der Waals surface area contributed by atoms with Gasteiger partial charge in [0, 0.05) is 0 Å². The quantitative estimate of drug-likeness (QED) is 0.840. The number of hydrogen-bond acceptors (Lipinski definition) is 4. The van der Waals surface area contributed by atoms with Crippen molar-refractivity contribution in [2.75, 3.05) is 7.11 Å². The van der Waals surface area contributed by atoms with Crippen molar-refractivity contribution >= 4 is 27.6 Å². The van der Waals surface area contributed by atoms with E-state index >= 15 is 0 Å². The molecule has 0 aromatic carbocycles. The lowest BCUT2D eigenvalue weighted by Gasteiger charge is -2.01. The minimum atomic E-state index is 0.397. The zero-order valence-corrected chi connectivity index (χ0v) is 11.9. The predicted molar refractivity (Wildman–Crippen MR) is 75.4 cm³/mol. The summed E-state index contributed by atoms with van der Waals surface area (Å²) in [7, 11) is 1.57. The van der Waals surface area contributed by atoms with E-state index in [0.717, 1.165) is 16.6 Å². The first kappa shape index (κ1) is 13.0. The topological polar surface area (TPSA) is 47.4 Å². The first-order valence-electron chi connectivity index (χ1n) is 5.69. The van der Waals surface area contributed by atoms with Gasteiger partial charge in [-0.2, -0.15) is 4.98 Å². The number of ether oxygens (including phenoxy) is 1. The third-order valence-electron chi connectivity index (χ3n) is 2.51. The number of aromatic nitrogens is 2. The summed E-state index contributed by atoms with van der Waals surface area (Å²) in [5.41, 5.74) is 0.851. The highest BCUT2D eigenvalue weighted by Crippen LogP contribution is 2.23. The lowest BCUT2D eigenvalue weighted by molar-refractivity contribution is 0.394. The molecule has 94 valence electrons. The Morgan fingerprint density at radius 1 is 1.44 bits per heavy atom. The van der Waals surface area contributed by atoms with Crippen LogP contribution in [0.25, 0.3) is 0 Å². The van der Waals surface area contributed by atoms with Crippen molar-refractivity contribution in [3.05, 3.63) is 35.0 Å². The van der Waals surface area contributed by atoms with Crippen LogP contribution in [0.5, 0.6) is 5.88 Å². The third-order valence-corrected chi connectivity index (χ3v) is 3.06. The van der Waals surface area contributed by atoms with Crippen LogP contribution in [0.4, 0.5) is 5.95 Å². The predicted octanol–water partition coefficient (Wildman–Crippen LogP) is 3.47. The molecular weight excluding hydrogens is 294 g/mol. The van der Waals surface area contributed by atoms with Crippen molar-refractivity contribution in [3.63, 3.8) is 0 Å². The van der Waals surface area contributed by atoms with Crippen molar-refractivity contribution in [2.24, 2.45) is 10.9 Å². The van der Waals surface area contributed by atoms with Gasteiger partial charge >= 0.3 is 0 Å². The highest BCUT2D eigenvalue weighted by molar-refractivity contribution is 9.10. The van der Waals surface area contributed by atoms with Crippen LogP contribution in [0, 0.1) is 5.92 Å². The molecular formula is C13H14BrN3O. The maximum atomic E-state index is 5.11. The summed E-state index contributed by atoms with van der Waals surface area (Å²) in [5.74, 6) is 1.42. The van der Waals surface area contributed by atoms with E-state index in [0.29, 0.717) is 17.7 Å². The number of hydrogen-bond donors (Lipinski definition) is 0. The zero-order chi connectivity index (χ0) is 13.0. The summed E-state index contributed by atoms with van der Waals surface area (Å²) in [5, 5.41) is 0. The van der Waals surface area contributed by atoms with Crippen LogP contribution in [-0.2, 0) is 0 Å². The summed E-state index contributed by atoms with van der Waals surface area (Å²) in [6.45, 7) is 2.17. The van der Waals surface area contributed by atoms with Gasteiger partial charge in [0.15, 0.2) is 0 Å². The van der Waals surface area contributed by atoms with Crippen LogP contribution in [0.2, 0.25) is 0 Å². The maximum Gasteiger partial charge on any atom is 0.253 e. The molecule has 1 aliphatic carbocycles. The summed E-state index contributed by atoms with van der Waals surface area (Å²) in [6.07, 6.45) is 10.9. The molecule has 0 saturated heterocycles. The van der Waals surface area contributed by atoms with Crippen LogP contribution in [0.15, 0.2) is 40.0 Å². The van der Waals surface area contributed by atoms with E-state index in [1.165, 1.54) is 0 Å². The number of halogens is 1. The lowest BCUT2D eigenvalue weighted by Crippen LogP contribution is -1.93. The molecule has 0 fully saturated rings. The van der Waals surface area contributed by atoms with E-state index in [9.17, 15) is 0 Å². The van der Waals surface area contributed by atoms with Crippen LogP contribution in [-0.4, -0.2) is 22.8 Å². The normalized spacial score (nSPS) is 21.1. The molecule has 0 amide bonds. The van der Waals surface area contributed by atoms with Crippen LogP contribution in [0.1, 0.15) is 13.3 Å². The van der Waals surface area contributed by atoms with E-state index < -0.39 is 0 Å². The van der Waals surface area contributed by atoms with E-state index in [1.54, 1.807) is 13.3 Å². The van der Waals surface area contributed by atoms with Crippen LogP contribution >= 0.6 is 15.9 Å². The minimum Gasteiger partial charge on any atom is -0.480 e. The summed E-state index contributed by atoms with van der Waals surface area (Å²) < 4.78 is 5.83. The summed E-state index contributed by atoms with van der Waals surface area (Å²) in [6, 6.07) is 0. The zero-order valence-electron chi connectivity index (χ0n) is 10.3. The van der Waals surface area contributed by atoms with Gasteiger partial charge in [-0.1, -0.05) is 19.1 Å². The molecule has 0 bridgehead atoms. The Labute approximate surface area is 115 Å². The molecule has 4 nitrogen and oxygen atoms in total. The minimum absolute atomic E-state index is 0.397. The molecule has 0 aliphatic heterocycles. The molecule has 1 unspecified atom stereocenters. The number of nitrogens with zero attached hydrogens (tertiary/aromatic N) is 3. The van der Waals surface area contributed by atoms with E-state index in [1.807, 2.05) is 12.2 Å². The number of methoxy groups -OCH3 is 1. The van der Waals surface area contributed by atoms with Crippen molar-refractivity contribution in [2.45, 2.75) is 13.3 Å². The van der Waals surface area contributed by atoms with Gasteiger partial charge in [-0.15, -0.1) is 0 Å². The molecule has 1 aliphatic rings. The highest BCUT2D eigenvalue weighted by atomic mass is 79.9. The van der Waals surface area contributed by atoms with E-state index in [4.69, 9.17) is 4.74 Å². The molecule has 0 saturated carbocycles. The molecule has 1 aromatic rings. The number of rotatable bonds is 2. The number of aliphatic imine (C=N–C) groups is 1. The second kappa shape index (κ2) is 5.91. The van der Waals surface area contributed by atoms with E-state index in [-0.39, 0.29) is 0 Å². The fraction of sp³-hybridized carbons (Fsp3) is 0.308. The van der Waals surface area contributed by atoms with E-state index in [2.05, 4.69) is 50.0 Å². The summed E-state index contributed by atoms with van der Waals surface area (Å²) in [4.78, 5) is 12.7. The summed E-state index contributed by atoms with van der Waals surface area (Å²) >= 11 is 3.31. The Morgan fingerprint density at radius 2 is 2.28 bits per heavy atom. The second-order valence-electron chi connectivity index (χ2n) is 4.04. The molecule has 1 heterocycles. The highest BCUT2D eigenvalue weighted by Gasteiger charge is 2.05. The SMILES string of the molecule is COc1nc(N=C2C=CCC(C)C=C2)ncc1Br. The van der Waals surface area contributed by atoms with Gasteiger partial charge < -0.3 is 4.74 Å². The molecule has 1 aromatic heterocycles. The van der Waals surface area contributed by atoms with Crippen molar-refractivity contribution in [1.29, 1.82) is 0 Å². The Morgan fingerprint density at radius 3 is 3.06 bits per heavy atom. The average molecular weight is 308 g/mol. The second-order valence-corrected chi connectivity index (χ2v) is 4.89. The van der Waals surface area contributed by atoms with Gasteiger partial charge in [-0.25, -0.2) is 9.98 Å². The van der Waals surface area contributed by atoms with Gasteiger partial charge in [-0.3, -0.25) is 0 Å². The van der Waals surface area contributed by atoms with Crippen LogP contribution in [0.3, 0.4) is 0 Å². The molecule has 18 heavy (non-hydrogen) atoms. The van der Waals surface area contributed by atoms with Crippen LogP contribution < -0.4 is 4.74 Å². The smallest absolute Gasteiger partial charge is 0.253 e. The fourth-order valence-corrected chi connectivity index (χ4v) is 1.88. The Balaban J connectivity index is 2.30. The molecule has 2 rings (SSSR count). The molecule has 0 radical (unpaired) electrons. The van der Waals surface area contributed by atoms with Crippen molar-refractivity contribution < 1.29 is 4.74 Å².